The number of carbonyl (C=O) groups is 3. The summed E-state index contributed by atoms with van der Waals surface area (Å²) in [7, 11) is 1.82. The summed E-state index contributed by atoms with van der Waals surface area (Å²) in [5, 5.41) is 9.41. The van der Waals surface area contributed by atoms with Crippen LogP contribution in [-0.4, -0.2) is 33.7 Å². The smallest absolute Gasteiger partial charge is 0.326 e. The predicted octanol–water partition coefficient (Wildman–Crippen LogP) is 1.44. The summed E-state index contributed by atoms with van der Waals surface area (Å²) in [5.41, 5.74) is 1.74. The van der Waals surface area contributed by atoms with Crippen LogP contribution < -0.4 is 15.5 Å². The van der Waals surface area contributed by atoms with Gasteiger partial charge in [-0.25, -0.2) is 9.69 Å². The lowest BCUT2D eigenvalue weighted by Crippen LogP contribution is -2.32. The molecule has 2 N–H and O–H groups in total. The van der Waals surface area contributed by atoms with Crippen LogP contribution in [0.5, 0.6) is 0 Å². The van der Waals surface area contributed by atoms with Gasteiger partial charge in [0.05, 0.1) is 11.4 Å². The number of nitrogens with zero attached hydrogens (tertiary/aromatic N) is 3. The van der Waals surface area contributed by atoms with Crippen LogP contribution in [0, 0.1) is 0 Å². The maximum Gasteiger partial charge on any atom is 0.329 e. The Bertz CT molecular complexity index is 829. The summed E-state index contributed by atoms with van der Waals surface area (Å²) >= 11 is 0. The zero-order valence-corrected chi connectivity index (χ0v) is 14.0. The van der Waals surface area contributed by atoms with Gasteiger partial charge in [0, 0.05) is 25.4 Å². The van der Waals surface area contributed by atoms with E-state index >= 15 is 0 Å². The Kier molecular flexibility index (Phi) is 4.51. The predicted molar refractivity (Wildman–Crippen MR) is 92.1 cm³/mol. The molecule has 0 saturated carbocycles. The first-order valence-corrected chi connectivity index (χ1v) is 7.97. The van der Waals surface area contributed by atoms with Crippen LogP contribution in [0.25, 0.3) is 0 Å². The molecule has 25 heavy (non-hydrogen) atoms. The van der Waals surface area contributed by atoms with E-state index in [2.05, 4.69) is 15.7 Å². The molecule has 3 rings (SSSR count). The van der Waals surface area contributed by atoms with Crippen molar-refractivity contribution in [2.24, 2.45) is 7.05 Å². The van der Waals surface area contributed by atoms with Gasteiger partial charge in [0.15, 0.2) is 0 Å². The summed E-state index contributed by atoms with van der Waals surface area (Å²) in [4.78, 5) is 37.5. The van der Waals surface area contributed by atoms with Crippen molar-refractivity contribution in [3.63, 3.8) is 0 Å². The molecule has 1 aromatic carbocycles. The standard InChI is InChI=1S/C17H19N5O3/c1-11-16(24)22(17(25)19-11)14-6-4-3-5-13(14)20-15(23)8-7-12-9-10-18-21(12)2/h3-6,9-11H,7-8H2,1-2H3,(H,19,25)(H,20,23). The van der Waals surface area contributed by atoms with E-state index in [1.165, 1.54) is 0 Å². The van der Waals surface area contributed by atoms with Gasteiger partial charge in [0.1, 0.15) is 6.04 Å². The lowest BCUT2D eigenvalue weighted by atomic mass is 10.2. The molecule has 1 aliphatic heterocycles. The Morgan fingerprint density at radius 2 is 2.04 bits per heavy atom. The molecule has 0 radical (unpaired) electrons. The van der Waals surface area contributed by atoms with E-state index in [9.17, 15) is 14.4 Å². The molecule has 8 nitrogen and oxygen atoms in total. The Hall–Kier alpha value is -3.16. The Balaban J connectivity index is 1.73. The van der Waals surface area contributed by atoms with E-state index in [0.29, 0.717) is 17.8 Å². The highest BCUT2D eigenvalue weighted by atomic mass is 16.2. The molecule has 0 spiro atoms. The van der Waals surface area contributed by atoms with Crippen molar-refractivity contribution < 1.29 is 14.4 Å². The van der Waals surface area contributed by atoms with Crippen LogP contribution in [-0.2, 0) is 23.1 Å². The molecule has 2 heterocycles. The SMILES string of the molecule is CC1NC(=O)N(c2ccccc2NC(=O)CCc2ccnn2C)C1=O. The number of urea groups is 1. The van der Waals surface area contributed by atoms with E-state index in [0.717, 1.165) is 10.6 Å². The average Bonchev–Trinajstić information content (AvgIpc) is 3.09. The number of imide groups is 1. The average molecular weight is 341 g/mol. The molecule has 1 aliphatic rings. The molecule has 1 atom stereocenters. The van der Waals surface area contributed by atoms with Crippen LogP contribution in [0.15, 0.2) is 36.5 Å². The Morgan fingerprint density at radius 1 is 1.28 bits per heavy atom. The quantitative estimate of drug-likeness (QED) is 0.804. The summed E-state index contributed by atoms with van der Waals surface area (Å²) in [5.74, 6) is -0.546. The second-order valence-electron chi connectivity index (χ2n) is 5.86. The highest BCUT2D eigenvalue weighted by Gasteiger charge is 2.37. The maximum atomic E-state index is 12.3. The number of hydrogen-bond acceptors (Lipinski definition) is 4. The van der Waals surface area contributed by atoms with Gasteiger partial charge < -0.3 is 10.6 Å². The molecule has 1 aromatic heterocycles. The molecule has 130 valence electrons. The third-order valence-corrected chi connectivity index (χ3v) is 4.08. The fraction of sp³-hybridized carbons (Fsp3) is 0.294. The topological polar surface area (TPSA) is 96.3 Å². The number of nitrogens with one attached hydrogen (secondary N) is 2. The number of amides is 4. The molecule has 8 heteroatoms. The van der Waals surface area contributed by atoms with Gasteiger partial charge >= 0.3 is 6.03 Å². The molecule has 1 fully saturated rings. The number of anilines is 2. The summed E-state index contributed by atoms with van der Waals surface area (Å²) in [6.45, 7) is 1.62. The van der Waals surface area contributed by atoms with Gasteiger partial charge in [-0.3, -0.25) is 14.3 Å². The zero-order chi connectivity index (χ0) is 18.0. The third kappa shape index (κ3) is 3.37. The molecule has 0 bridgehead atoms. The van der Waals surface area contributed by atoms with Gasteiger partial charge in [-0.1, -0.05) is 12.1 Å². The monoisotopic (exact) mass is 341 g/mol. The fourth-order valence-electron chi connectivity index (χ4n) is 2.71. The summed E-state index contributed by atoms with van der Waals surface area (Å²) < 4.78 is 1.72. The van der Waals surface area contributed by atoms with Crippen LogP contribution in [0.1, 0.15) is 19.0 Å². The first-order chi connectivity index (χ1) is 12.0. The molecular weight excluding hydrogens is 322 g/mol. The van der Waals surface area contributed by atoms with Crippen molar-refractivity contribution in [2.45, 2.75) is 25.8 Å². The van der Waals surface area contributed by atoms with Crippen molar-refractivity contribution in [2.75, 3.05) is 10.2 Å². The van der Waals surface area contributed by atoms with E-state index in [-0.39, 0.29) is 18.2 Å². The minimum atomic E-state index is -0.582. The first-order valence-electron chi connectivity index (χ1n) is 7.97. The number of aryl methyl sites for hydroxylation is 2. The van der Waals surface area contributed by atoms with Crippen LogP contribution in [0.3, 0.4) is 0 Å². The zero-order valence-electron chi connectivity index (χ0n) is 14.0. The van der Waals surface area contributed by atoms with E-state index in [1.807, 2.05) is 13.1 Å². The van der Waals surface area contributed by atoms with Gasteiger partial charge in [-0.05, 0) is 31.5 Å². The van der Waals surface area contributed by atoms with Crippen molar-refractivity contribution in [3.8, 4) is 0 Å². The summed E-state index contributed by atoms with van der Waals surface area (Å²) in [6, 6.07) is 7.53. The van der Waals surface area contributed by atoms with E-state index in [1.54, 1.807) is 42.1 Å². The van der Waals surface area contributed by atoms with Gasteiger partial charge in [-0.15, -0.1) is 0 Å². The highest BCUT2D eigenvalue weighted by molar-refractivity contribution is 6.23. The normalized spacial score (nSPS) is 16.9. The molecule has 2 aromatic rings. The van der Waals surface area contributed by atoms with Gasteiger partial charge in [0.25, 0.3) is 5.91 Å². The second kappa shape index (κ2) is 6.76. The van der Waals surface area contributed by atoms with Gasteiger partial charge in [0.2, 0.25) is 5.91 Å². The Morgan fingerprint density at radius 3 is 2.68 bits per heavy atom. The minimum absolute atomic E-state index is 0.200. The minimum Gasteiger partial charge on any atom is -0.326 e. The van der Waals surface area contributed by atoms with Crippen molar-refractivity contribution in [3.05, 3.63) is 42.2 Å². The first kappa shape index (κ1) is 16.7. The lowest BCUT2D eigenvalue weighted by Gasteiger charge is -2.17. The maximum absolute atomic E-state index is 12.3. The second-order valence-corrected chi connectivity index (χ2v) is 5.86. The highest BCUT2D eigenvalue weighted by Crippen LogP contribution is 2.28. The molecule has 1 unspecified atom stereocenters. The number of benzene rings is 1. The fourth-order valence-corrected chi connectivity index (χ4v) is 2.71. The van der Waals surface area contributed by atoms with Crippen molar-refractivity contribution in [1.82, 2.24) is 15.1 Å². The Labute approximate surface area is 144 Å². The largest absolute Gasteiger partial charge is 0.329 e. The van der Waals surface area contributed by atoms with Crippen molar-refractivity contribution in [1.29, 1.82) is 0 Å². The van der Waals surface area contributed by atoms with E-state index in [4.69, 9.17) is 0 Å². The number of rotatable bonds is 5. The molecule has 4 amide bonds. The van der Waals surface area contributed by atoms with Crippen LogP contribution in [0.2, 0.25) is 0 Å². The van der Waals surface area contributed by atoms with Gasteiger partial charge in [-0.2, -0.15) is 5.10 Å². The number of hydrogen-bond donors (Lipinski definition) is 2. The summed E-state index contributed by atoms with van der Waals surface area (Å²) in [6.07, 6.45) is 2.50. The molecule has 1 saturated heterocycles. The number of aromatic nitrogens is 2. The third-order valence-electron chi connectivity index (χ3n) is 4.08. The molecule has 0 aliphatic carbocycles. The van der Waals surface area contributed by atoms with Crippen LogP contribution >= 0.6 is 0 Å². The van der Waals surface area contributed by atoms with E-state index < -0.39 is 12.1 Å². The number of carbonyl (C=O) groups excluding carboxylic acids is 3. The number of para-hydroxylation sites is 2. The molecular formula is C17H19N5O3. The van der Waals surface area contributed by atoms with Crippen LogP contribution in [0.4, 0.5) is 16.2 Å². The van der Waals surface area contributed by atoms with Crippen molar-refractivity contribution >= 4 is 29.2 Å². The lowest BCUT2D eigenvalue weighted by molar-refractivity contribution is -0.118.